The number of likely N-dealkylation sites (N-methyl/N-ethyl adjacent to an activating group) is 1. The lowest BCUT2D eigenvalue weighted by molar-refractivity contribution is 0.773. The zero-order chi connectivity index (χ0) is 18.9. The van der Waals surface area contributed by atoms with Crippen molar-refractivity contribution in [3.63, 3.8) is 0 Å². The van der Waals surface area contributed by atoms with E-state index >= 15 is 0 Å². The summed E-state index contributed by atoms with van der Waals surface area (Å²) in [6.07, 6.45) is 3.85. The molecule has 0 saturated heterocycles. The van der Waals surface area contributed by atoms with Crippen molar-refractivity contribution in [2.75, 3.05) is 43.9 Å². The Balaban J connectivity index is 1.83. The van der Waals surface area contributed by atoms with Gasteiger partial charge in [-0.2, -0.15) is 0 Å². The number of nitrogens with one attached hydrogen (secondary N) is 3. The summed E-state index contributed by atoms with van der Waals surface area (Å²) >= 11 is 0. The number of anilines is 2. The van der Waals surface area contributed by atoms with Gasteiger partial charge in [0.2, 0.25) is 0 Å². The highest BCUT2D eigenvalue weighted by Gasteiger charge is 2.08. The van der Waals surface area contributed by atoms with E-state index in [1.807, 2.05) is 25.4 Å². The monoisotopic (exact) mass is 364 g/mol. The van der Waals surface area contributed by atoms with Gasteiger partial charge in [0.15, 0.2) is 0 Å². The summed E-state index contributed by atoms with van der Waals surface area (Å²) in [5.74, 6) is 0.879. The van der Waals surface area contributed by atoms with Gasteiger partial charge in [-0.25, -0.2) is 4.98 Å². The number of nitrogens with two attached hydrogens (primary N) is 1. The summed E-state index contributed by atoms with van der Waals surface area (Å²) < 4.78 is 0. The minimum absolute atomic E-state index is 0.714. The van der Waals surface area contributed by atoms with E-state index in [1.165, 1.54) is 0 Å². The van der Waals surface area contributed by atoms with Crippen LogP contribution in [0.5, 0.6) is 0 Å². The van der Waals surface area contributed by atoms with Gasteiger partial charge in [-0.1, -0.05) is 12.1 Å². The summed E-state index contributed by atoms with van der Waals surface area (Å²) in [5.41, 5.74) is 9.63. The molecule has 0 fully saturated rings. The Morgan fingerprint density at radius 3 is 2.59 bits per heavy atom. The molecule has 3 rings (SSSR count). The first kappa shape index (κ1) is 19.1. The van der Waals surface area contributed by atoms with Gasteiger partial charge in [0.25, 0.3) is 0 Å². The number of pyridine rings is 2. The molecule has 0 bridgehead atoms. The fraction of sp³-hybridized carbons (Fsp3) is 0.333. The summed E-state index contributed by atoms with van der Waals surface area (Å²) in [7, 11) is 1.95. The van der Waals surface area contributed by atoms with Crippen molar-refractivity contribution in [2.24, 2.45) is 5.73 Å². The standard InChI is InChI=1S/C21H28N6/c1-23-13-14-24-17-8-6-16(7-9-17)19-15-20-18(5-4-12-25-20)21(27-19)26-11-3-2-10-22/h4-9,12,15,23-24H,2-3,10-11,13-14,22H2,1H3,(H,26,27). The molecule has 0 aliphatic rings. The largest absolute Gasteiger partial charge is 0.384 e. The van der Waals surface area contributed by atoms with Crippen LogP contribution in [0.2, 0.25) is 0 Å². The molecule has 2 heterocycles. The summed E-state index contributed by atoms with van der Waals surface area (Å²) in [6.45, 7) is 3.39. The number of unbranched alkanes of at least 4 members (excludes halogenated alkanes) is 1. The Morgan fingerprint density at radius 2 is 1.81 bits per heavy atom. The average Bonchev–Trinajstić information content (AvgIpc) is 2.71. The van der Waals surface area contributed by atoms with Gasteiger partial charge in [0.05, 0.1) is 11.2 Å². The molecule has 0 amide bonds. The van der Waals surface area contributed by atoms with Crippen LogP contribution in [0.25, 0.3) is 22.2 Å². The maximum Gasteiger partial charge on any atom is 0.136 e. The third-order valence-electron chi connectivity index (χ3n) is 4.41. The molecule has 0 unspecified atom stereocenters. The maximum atomic E-state index is 5.59. The molecule has 3 aromatic rings. The highest BCUT2D eigenvalue weighted by molar-refractivity contribution is 5.92. The molecule has 142 valence electrons. The predicted molar refractivity (Wildman–Crippen MR) is 114 cm³/mol. The lowest BCUT2D eigenvalue weighted by Crippen LogP contribution is -2.17. The number of fused-ring (bicyclic) bond motifs is 1. The van der Waals surface area contributed by atoms with E-state index in [2.05, 4.69) is 51.3 Å². The predicted octanol–water partition coefficient (Wildman–Crippen LogP) is 3.08. The van der Waals surface area contributed by atoms with E-state index in [1.54, 1.807) is 0 Å². The number of rotatable bonds is 10. The van der Waals surface area contributed by atoms with Gasteiger partial charge in [-0.15, -0.1) is 0 Å². The molecular formula is C21H28N6. The van der Waals surface area contributed by atoms with Crippen molar-refractivity contribution in [3.05, 3.63) is 48.7 Å². The Bertz CT molecular complexity index is 847. The average molecular weight is 364 g/mol. The van der Waals surface area contributed by atoms with Crippen molar-refractivity contribution in [2.45, 2.75) is 12.8 Å². The van der Waals surface area contributed by atoms with Crippen LogP contribution in [0.1, 0.15) is 12.8 Å². The molecule has 1 aromatic carbocycles. The number of benzene rings is 1. The molecule has 0 atom stereocenters. The Labute approximate surface area is 160 Å². The van der Waals surface area contributed by atoms with E-state index in [-0.39, 0.29) is 0 Å². The van der Waals surface area contributed by atoms with Crippen LogP contribution >= 0.6 is 0 Å². The van der Waals surface area contributed by atoms with Crippen LogP contribution in [-0.2, 0) is 0 Å². The van der Waals surface area contributed by atoms with E-state index < -0.39 is 0 Å². The van der Waals surface area contributed by atoms with E-state index in [4.69, 9.17) is 10.7 Å². The SMILES string of the molecule is CNCCNc1ccc(-c2cc3ncccc3c(NCCCCN)n2)cc1. The third-order valence-corrected chi connectivity index (χ3v) is 4.41. The molecule has 0 aliphatic carbocycles. The third kappa shape index (κ3) is 5.15. The van der Waals surface area contributed by atoms with Crippen LogP contribution in [0.15, 0.2) is 48.7 Å². The molecule has 27 heavy (non-hydrogen) atoms. The zero-order valence-corrected chi connectivity index (χ0v) is 15.8. The molecule has 0 radical (unpaired) electrons. The summed E-state index contributed by atoms with van der Waals surface area (Å²) in [4.78, 5) is 9.38. The lowest BCUT2D eigenvalue weighted by Gasteiger charge is -2.12. The first-order valence-electron chi connectivity index (χ1n) is 9.50. The van der Waals surface area contributed by atoms with Crippen LogP contribution in [-0.4, -0.2) is 43.2 Å². The Kier molecular flexibility index (Phi) is 6.96. The van der Waals surface area contributed by atoms with Crippen LogP contribution in [0.3, 0.4) is 0 Å². The summed E-state index contributed by atoms with van der Waals surface area (Å²) in [5, 5.41) is 11.0. The lowest BCUT2D eigenvalue weighted by atomic mass is 10.1. The van der Waals surface area contributed by atoms with E-state index in [0.717, 1.165) is 66.1 Å². The second kappa shape index (κ2) is 9.85. The second-order valence-corrected chi connectivity index (χ2v) is 6.46. The first-order valence-corrected chi connectivity index (χ1v) is 9.50. The van der Waals surface area contributed by atoms with Crippen LogP contribution < -0.4 is 21.7 Å². The quantitative estimate of drug-likeness (QED) is 0.414. The van der Waals surface area contributed by atoms with Crippen molar-refractivity contribution in [3.8, 4) is 11.3 Å². The molecule has 6 heteroatoms. The zero-order valence-electron chi connectivity index (χ0n) is 15.8. The van der Waals surface area contributed by atoms with Crippen molar-refractivity contribution in [1.29, 1.82) is 0 Å². The van der Waals surface area contributed by atoms with Crippen LogP contribution in [0, 0.1) is 0 Å². The smallest absolute Gasteiger partial charge is 0.136 e. The second-order valence-electron chi connectivity index (χ2n) is 6.46. The highest BCUT2D eigenvalue weighted by atomic mass is 15.0. The molecule has 6 nitrogen and oxygen atoms in total. The van der Waals surface area contributed by atoms with Gasteiger partial charge < -0.3 is 21.7 Å². The Morgan fingerprint density at radius 1 is 0.963 bits per heavy atom. The molecule has 0 spiro atoms. The Hall–Kier alpha value is -2.70. The van der Waals surface area contributed by atoms with Gasteiger partial charge in [-0.05, 0) is 56.8 Å². The van der Waals surface area contributed by atoms with Gasteiger partial charge in [0.1, 0.15) is 5.82 Å². The molecular weight excluding hydrogens is 336 g/mol. The van der Waals surface area contributed by atoms with Gasteiger partial charge in [0, 0.05) is 42.5 Å². The first-order chi connectivity index (χ1) is 13.3. The number of hydrogen-bond donors (Lipinski definition) is 4. The van der Waals surface area contributed by atoms with E-state index in [9.17, 15) is 0 Å². The fourth-order valence-corrected chi connectivity index (χ4v) is 2.92. The fourth-order valence-electron chi connectivity index (χ4n) is 2.92. The van der Waals surface area contributed by atoms with Crippen molar-refractivity contribution < 1.29 is 0 Å². The number of hydrogen-bond acceptors (Lipinski definition) is 6. The minimum atomic E-state index is 0.714. The van der Waals surface area contributed by atoms with E-state index in [0.29, 0.717) is 6.54 Å². The highest BCUT2D eigenvalue weighted by Crippen LogP contribution is 2.27. The molecule has 0 saturated carbocycles. The van der Waals surface area contributed by atoms with Gasteiger partial charge >= 0.3 is 0 Å². The summed E-state index contributed by atoms with van der Waals surface area (Å²) in [6, 6.07) is 14.4. The number of nitrogens with zero attached hydrogens (tertiary/aromatic N) is 2. The van der Waals surface area contributed by atoms with Crippen molar-refractivity contribution >= 4 is 22.4 Å². The van der Waals surface area contributed by atoms with Crippen LogP contribution in [0.4, 0.5) is 11.5 Å². The van der Waals surface area contributed by atoms with Crippen molar-refractivity contribution in [1.82, 2.24) is 15.3 Å². The molecule has 5 N–H and O–H groups in total. The van der Waals surface area contributed by atoms with Gasteiger partial charge in [-0.3, -0.25) is 4.98 Å². The minimum Gasteiger partial charge on any atom is -0.384 e. The number of aromatic nitrogens is 2. The normalized spacial score (nSPS) is 10.9. The molecule has 0 aliphatic heterocycles. The topological polar surface area (TPSA) is 87.9 Å². The molecule has 2 aromatic heterocycles. The maximum absolute atomic E-state index is 5.59.